The van der Waals surface area contributed by atoms with Gasteiger partial charge in [0.1, 0.15) is 11.4 Å². The van der Waals surface area contributed by atoms with Crippen molar-refractivity contribution < 1.29 is 9.53 Å². The Hall–Kier alpha value is -2.96. The molecule has 7 nitrogen and oxygen atoms in total. The Morgan fingerprint density at radius 2 is 1.96 bits per heavy atom. The maximum atomic E-state index is 12.0. The number of hydrogen-bond acceptors (Lipinski definition) is 6. The van der Waals surface area contributed by atoms with E-state index >= 15 is 0 Å². The zero-order valence-corrected chi connectivity index (χ0v) is 13.2. The van der Waals surface area contributed by atoms with Gasteiger partial charge in [0.05, 0.1) is 29.5 Å². The number of hydrogen-bond donors (Lipinski definition) is 1. The minimum absolute atomic E-state index is 0.308. The molecule has 0 amide bonds. The summed E-state index contributed by atoms with van der Waals surface area (Å²) in [6.45, 7) is 3.94. The summed E-state index contributed by atoms with van der Waals surface area (Å²) in [6.07, 6.45) is 1.48. The number of benzene rings is 1. The topological polar surface area (TPSA) is 81.9 Å². The Balaban J connectivity index is 2.01. The van der Waals surface area contributed by atoms with Crippen molar-refractivity contribution in [3.63, 3.8) is 0 Å². The molecule has 118 valence electrons. The van der Waals surface area contributed by atoms with Gasteiger partial charge in [-0.15, -0.1) is 0 Å². The molecule has 0 aliphatic rings. The normalized spacial score (nSPS) is 10.7. The molecule has 2 heterocycles. The Morgan fingerprint density at radius 1 is 1.26 bits per heavy atom. The van der Waals surface area contributed by atoms with Crippen LogP contribution in [0.25, 0.3) is 11.0 Å². The van der Waals surface area contributed by atoms with E-state index in [2.05, 4.69) is 20.4 Å². The second-order valence-corrected chi connectivity index (χ2v) is 5.02. The molecule has 0 unspecified atom stereocenters. The zero-order chi connectivity index (χ0) is 16.4. The predicted molar refractivity (Wildman–Crippen MR) is 86.7 cm³/mol. The van der Waals surface area contributed by atoms with Gasteiger partial charge in [0, 0.05) is 7.05 Å². The van der Waals surface area contributed by atoms with Crippen LogP contribution in [0.3, 0.4) is 0 Å². The van der Waals surface area contributed by atoms with Gasteiger partial charge in [-0.05, 0) is 26.0 Å². The lowest BCUT2D eigenvalue weighted by Crippen LogP contribution is -2.10. The first-order valence-electron chi connectivity index (χ1n) is 7.29. The highest BCUT2D eigenvalue weighted by atomic mass is 16.5. The lowest BCUT2D eigenvalue weighted by molar-refractivity contribution is 0.0527. The number of aryl methyl sites for hydroxylation is 2. The van der Waals surface area contributed by atoms with Crippen molar-refractivity contribution in [1.82, 2.24) is 19.7 Å². The number of fused-ring (bicyclic) bond motifs is 1. The fourth-order valence-electron chi connectivity index (χ4n) is 2.26. The first-order chi connectivity index (χ1) is 11.1. The molecule has 0 aliphatic heterocycles. The monoisotopic (exact) mass is 311 g/mol. The van der Waals surface area contributed by atoms with Gasteiger partial charge in [0.15, 0.2) is 5.82 Å². The molecule has 7 heteroatoms. The van der Waals surface area contributed by atoms with Crippen molar-refractivity contribution in [2.45, 2.75) is 13.8 Å². The predicted octanol–water partition coefficient (Wildman–Crippen LogP) is 2.59. The molecule has 0 bridgehead atoms. The number of nitrogens with one attached hydrogen (secondary N) is 1. The SMILES string of the molecule is CCOC(=O)c1cnn(C)c1Nc1nc2ccccc2nc1C. The molecule has 0 atom stereocenters. The molecule has 23 heavy (non-hydrogen) atoms. The summed E-state index contributed by atoms with van der Waals surface area (Å²) in [6, 6.07) is 7.63. The molecule has 1 aromatic carbocycles. The number of rotatable bonds is 4. The van der Waals surface area contributed by atoms with Crippen molar-refractivity contribution in [3.8, 4) is 0 Å². The van der Waals surface area contributed by atoms with E-state index in [0.29, 0.717) is 23.8 Å². The van der Waals surface area contributed by atoms with Crippen molar-refractivity contribution in [3.05, 3.63) is 41.7 Å². The highest BCUT2D eigenvalue weighted by molar-refractivity contribution is 5.95. The summed E-state index contributed by atoms with van der Waals surface area (Å²) in [7, 11) is 1.74. The fourth-order valence-corrected chi connectivity index (χ4v) is 2.26. The van der Waals surface area contributed by atoms with Crippen molar-refractivity contribution in [1.29, 1.82) is 0 Å². The number of nitrogens with zero attached hydrogens (tertiary/aromatic N) is 4. The van der Waals surface area contributed by atoms with E-state index in [1.54, 1.807) is 18.7 Å². The third-order valence-corrected chi connectivity index (χ3v) is 3.42. The smallest absolute Gasteiger partial charge is 0.343 e. The van der Waals surface area contributed by atoms with Gasteiger partial charge in [-0.1, -0.05) is 12.1 Å². The number of carbonyl (C=O) groups is 1. The van der Waals surface area contributed by atoms with E-state index in [9.17, 15) is 4.79 Å². The van der Waals surface area contributed by atoms with Crippen LogP contribution in [0.4, 0.5) is 11.6 Å². The van der Waals surface area contributed by atoms with Crippen LogP contribution in [-0.2, 0) is 11.8 Å². The lowest BCUT2D eigenvalue weighted by Gasteiger charge is -2.11. The van der Waals surface area contributed by atoms with Crippen LogP contribution in [0.15, 0.2) is 30.5 Å². The fraction of sp³-hybridized carbons (Fsp3) is 0.250. The van der Waals surface area contributed by atoms with Gasteiger partial charge >= 0.3 is 5.97 Å². The van der Waals surface area contributed by atoms with Gasteiger partial charge < -0.3 is 10.1 Å². The highest BCUT2D eigenvalue weighted by Gasteiger charge is 2.18. The summed E-state index contributed by atoms with van der Waals surface area (Å²) < 4.78 is 6.62. The molecular formula is C16H17N5O2. The maximum absolute atomic E-state index is 12.0. The van der Waals surface area contributed by atoms with E-state index in [1.165, 1.54) is 6.20 Å². The molecule has 2 aromatic heterocycles. The summed E-state index contributed by atoms with van der Waals surface area (Å²) in [5.74, 6) is 0.684. The quantitative estimate of drug-likeness (QED) is 0.746. The molecule has 3 aromatic rings. The molecule has 1 N–H and O–H groups in total. The van der Waals surface area contributed by atoms with Gasteiger partial charge in [-0.25, -0.2) is 14.8 Å². The highest BCUT2D eigenvalue weighted by Crippen LogP contribution is 2.23. The van der Waals surface area contributed by atoms with Crippen molar-refractivity contribution in [2.75, 3.05) is 11.9 Å². The van der Waals surface area contributed by atoms with E-state index in [4.69, 9.17) is 4.74 Å². The number of ether oxygens (including phenoxy) is 1. The molecule has 0 spiro atoms. The van der Waals surface area contributed by atoms with Crippen LogP contribution in [-0.4, -0.2) is 32.3 Å². The van der Waals surface area contributed by atoms with Crippen LogP contribution < -0.4 is 5.32 Å². The second kappa shape index (κ2) is 6.04. The molecular weight excluding hydrogens is 294 g/mol. The first kappa shape index (κ1) is 15.0. The number of aromatic nitrogens is 4. The van der Waals surface area contributed by atoms with Crippen LogP contribution in [0.1, 0.15) is 23.0 Å². The third-order valence-electron chi connectivity index (χ3n) is 3.42. The zero-order valence-electron chi connectivity index (χ0n) is 13.2. The Kier molecular flexibility index (Phi) is 3.92. The largest absolute Gasteiger partial charge is 0.462 e. The summed E-state index contributed by atoms with van der Waals surface area (Å²) in [5, 5.41) is 7.26. The first-order valence-corrected chi connectivity index (χ1v) is 7.29. The van der Waals surface area contributed by atoms with Crippen LogP contribution in [0.2, 0.25) is 0 Å². The molecule has 0 saturated carbocycles. The number of carbonyl (C=O) groups excluding carboxylic acids is 1. The lowest BCUT2D eigenvalue weighted by atomic mass is 10.3. The summed E-state index contributed by atoms with van der Waals surface area (Å²) in [4.78, 5) is 21.1. The van der Waals surface area contributed by atoms with Crippen LogP contribution >= 0.6 is 0 Å². The molecule has 0 radical (unpaired) electrons. The average molecular weight is 311 g/mol. The summed E-state index contributed by atoms with van der Waals surface area (Å²) in [5.41, 5.74) is 2.70. The van der Waals surface area contributed by atoms with Gasteiger partial charge in [-0.3, -0.25) is 4.68 Å². The van der Waals surface area contributed by atoms with Crippen molar-refractivity contribution in [2.24, 2.45) is 7.05 Å². The Labute approximate surface area is 133 Å². The standard InChI is InChI=1S/C16H17N5O2/c1-4-23-16(22)11-9-17-21(3)15(11)20-14-10(2)18-12-7-5-6-8-13(12)19-14/h5-9H,4H2,1-3H3,(H,19,20). The van der Waals surface area contributed by atoms with Crippen LogP contribution in [0, 0.1) is 6.92 Å². The van der Waals surface area contributed by atoms with E-state index in [-0.39, 0.29) is 0 Å². The van der Waals surface area contributed by atoms with Gasteiger partial charge in [0.2, 0.25) is 0 Å². The third kappa shape index (κ3) is 2.85. The second-order valence-electron chi connectivity index (χ2n) is 5.02. The number of anilines is 2. The Morgan fingerprint density at radius 3 is 2.65 bits per heavy atom. The minimum Gasteiger partial charge on any atom is -0.462 e. The summed E-state index contributed by atoms with van der Waals surface area (Å²) >= 11 is 0. The minimum atomic E-state index is -0.422. The molecule has 0 fully saturated rings. The average Bonchev–Trinajstić information content (AvgIpc) is 2.89. The van der Waals surface area contributed by atoms with Crippen LogP contribution in [0.5, 0.6) is 0 Å². The molecule has 3 rings (SSSR count). The molecule has 0 aliphatic carbocycles. The Bertz CT molecular complexity index is 872. The maximum Gasteiger partial charge on any atom is 0.343 e. The van der Waals surface area contributed by atoms with Gasteiger partial charge in [0.25, 0.3) is 0 Å². The molecule has 0 saturated heterocycles. The van der Waals surface area contributed by atoms with Crippen molar-refractivity contribution >= 4 is 28.6 Å². The number of esters is 1. The number of para-hydroxylation sites is 2. The van der Waals surface area contributed by atoms with E-state index < -0.39 is 5.97 Å². The van der Waals surface area contributed by atoms with Gasteiger partial charge in [-0.2, -0.15) is 5.10 Å². The van der Waals surface area contributed by atoms with E-state index in [0.717, 1.165) is 16.7 Å². The van der Waals surface area contributed by atoms with E-state index in [1.807, 2.05) is 31.2 Å².